The van der Waals surface area contributed by atoms with E-state index in [1.54, 1.807) is 30.3 Å². The van der Waals surface area contributed by atoms with E-state index in [9.17, 15) is 31.1 Å². The summed E-state index contributed by atoms with van der Waals surface area (Å²) in [5, 5.41) is 9.09. The smallest absolute Gasteiger partial charge is 0.362 e. The van der Waals surface area contributed by atoms with Gasteiger partial charge in [0.2, 0.25) is 0 Å². The molecule has 1 aliphatic heterocycles. The molecule has 174 valence electrons. The summed E-state index contributed by atoms with van der Waals surface area (Å²) in [6.45, 7) is 0. The fourth-order valence-corrected chi connectivity index (χ4v) is 4.16. The van der Waals surface area contributed by atoms with Gasteiger partial charge in [0, 0.05) is 12.1 Å². The summed E-state index contributed by atoms with van der Waals surface area (Å²) >= 11 is 3.14. The van der Waals surface area contributed by atoms with Crippen molar-refractivity contribution >= 4 is 33.3 Å². The molecule has 2 N–H and O–H groups in total. The highest BCUT2D eigenvalue weighted by Crippen LogP contribution is 2.46. The number of hydrogen-bond acceptors (Lipinski definition) is 3. The quantitative estimate of drug-likeness (QED) is 0.375. The van der Waals surface area contributed by atoms with Gasteiger partial charge in [0.15, 0.2) is 11.7 Å². The Kier molecular flexibility index (Phi) is 5.89. The predicted molar refractivity (Wildman–Crippen MR) is 112 cm³/mol. The van der Waals surface area contributed by atoms with Gasteiger partial charge in [-0.05, 0) is 39.7 Å². The van der Waals surface area contributed by atoms with Crippen LogP contribution in [-0.4, -0.2) is 21.9 Å². The third-order valence-electron chi connectivity index (χ3n) is 5.16. The highest BCUT2D eigenvalue weighted by atomic mass is 79.9. The highest BCUT2D eigenvalue weighted by molar-refractivity contribution is 9.10. The molecule has 0 bridgehead atoms. The number of carbonyl (C=O) groups is 1. The third-order valence-corrected chi connectivity index (χ3v) is 5.91. The molecule has 0 aliphatic carbocycles. The second kappa shape index (κ2) is 8.40. The molecule has 2 heterocycles. The van der Waals surface area contributed by atoms with E-state index in [-0.39, 0.29) is 22.4 Å². The summed E-state index contributed by atoms with van der Waals surface area (Å²) in [6.07, 6.45) is -9.63. The summed E-state index contributed by atoms with van der Waals surface area (Å²) in [4.78, 5) is 12.7. The number of anilines is 2. The molecule has 0 spiro atoms. The van der Waals surface area contributed by atoms with E-state index in [2.05, 4.69) is 31.7 Å². The van der Waals surface area contributed by atoms with Crippen molar-refractivity contribution in [3.8, 4) is 0 Å². The number of fused-ring (bicyclic) bond motifs is 1. The topological polar surface area (TPSA) is 59.0 Å². The Balaban J connectivity index is 1.68. The lowest BCUT2D eigenvalue weighted by molar-refractivity contribution is -0.173. The van der Waals surface area contributed by atoms with Crippen molar-refractivity contribution in [3.63, 3.8) is 0 Å². The van der Waals surface area contributed by atoms with Crippen molar-refractivity contribution in [3.05, 3.63) is 75.9 Å². The molecule has 0 radical (unpaired) electrons. The first-order valence-corrected chi connectivity index (χ1v) is 10.4. The van der Waals surface area contributed by atoms with Crippen molar-refractivity contribution in [1.82, 2.24) is 9.78 Å². The monoisotopic (exact) mass is 532 g/mol. The van der Waals surface area contributed by atoms with Crippen molar-refractivity contribution in [2.45, 2.75) is 30.9 Å². The number of nitrogens with one attached hydrogen (secondary N) is 2. The van der Waals surface area contributed by atoms with E-state index in [0.717, 1.165) is 18.2 Å². The highest BCUT2D eigenvalue weighted by Gasteiger charge is 2.47. The molecule has 0 saturated carbocycles. The first-order valence-electron chi connectivity index (χ1n) is 9.60. The molecular weight excluding hydrogens is 518 g/mol. The van der Waals surface area contributed by atoms with Crippen molar-refractivity contribution in [2.24, 2.45) is 0 Å². The van der Waals surface area contributed by atoms with E-state index in [0.29, 0.717) is 10.2 Å². The SMILES string of the molecule is O=C(Nc1cccc(C(F)(F)F)c1)c1nn2c(c1Br)N[C@H](c1ccccc1)C[C@H]2C(F)(F)F. The van der Waals surface area contributed by atoms with Crippen LogP contribution in [0.2, 0.25) is 0 Å². The molecule has 3 aromatic rings. The first-order chi connectivity index (χ1) is 15.4. The van der Waals surface area contributed by atoms with Crippen LogP contribution >= 0.6 is 15.9 Å². The number of nitrogens with zero attached hydrogens (tertiary/aromatic N) is 2. The fourth-order valence-electron chi connectivity index (χ4n) is 3.60. The molecular formula is C21H15BrF6N4O. The minimum atomic E-state index is -4.65. The number of alkyl halides is 6. The summed E-state index contributed by atoms with van der Waals surface area (Å²) in [5.41, 5.74) is -0.915. The first kappa shape index (κ1) is 23.1. The third kappa shape index (κ3) is 4.70. The van der Waals surface area contributed by atoms with Crippen LogP contribution in [0.4, 0.5) is 37.8 Å². The van der Waals surface area contributed by atoms with Crippen molar-refractivity contribution < 1.29 is 31.1 Å². The number of hydrogen-bond donors (Lipinski definition) is 2. The molecule has 5 nitrogen and oxygen atoms in total. The maximum Gasteiger partial charge on any atom is 0.416 e. The normalized spacial score (nSPS) is 18.4. The molecule has 2 atom stereocenters. The van der Waals surface area contributed by atoms with Crippen LogP contribution in [0.25, 0.3) is 0 Å². The summed E-state index contributed by atoms with van der Waals surface area (Å²) in [5.74, 6) is -1.01. The number of aromatic nitrogens is 2. The molecule has 4 rings (SSSR count). The molecule has 0 unspecified atom stereocenters. The van der Waals surface area contributed by atoms with E-state index in [4.69, 9.17) is 0 Å². The summed E-state index contributed by atoms with van der Waals surface area (Å²) < 4.78 is 81.0. The molecule has 0 saturated heterocycles. The maximum absolute atomic E-state index is 13.8. The van der Waals surface area contributed by atoms with Gasteiger partial charge in [-0.1, -0.05) is 36.4 Å². The van der Waals surface area contributed by atoms with Gasteiger partial charge in [0.1, 0.15) is 5.82 Å². The zero-order valence-electron chi connectivity index (χ0n) is 16.5. The Morgan fingerprint density at radius 3 is 2.39 bits per heavy atom. The van der Waals surface area contributed by atoms with Crippen LogP contribution in [0.3, 0.4) is 0 Å². The van der Waals surface area contributed by atoms with E-state index < -0.39 is 41.6 Å². The van der Waals surface area contributed by atoms with E-state index in [1.807, 2.05) is 0 Å². The van der Waals surface area contributed by atoms with Gasteiger partial charge in [0.05, 0.1) is 16.1 Å². The molecule has 1 aliphatic rings. The predicted octanol–water partition coefficient (Wildman–Crippen LogP) is 6.58. The van der Waals surface area contributed by atoms with E-state index >= 15 is 0 Å². The van der Waals surface area contributed by atoms with Crippen molar-refractivity contribution in [1.29, 1.82) is 0 Å². The fraction of sp³-hybridized carbons (Fsp3) is 0.238. The summed E-state index contributed by atoms with van der Waals surface area (Å²) in [6, 6.07) is 9.72. The lowest BCUT2D eigenvalue weighted by Gasteiger charge is -2.33. The minimum Gasteiger partial charge on any atom is -0.362 e. The molecule has 0 fully saturated rings. The van der Waals surface area contributed by atoms with E-state index in [1.165, 1.54) is 6.07 Å². The Bertz CT molecular complexity index is 1180. The Morgan fingerprint density at radius 2 is 1.76 bits per heavy atom. The Labute approximate surface area is 191 Å². The van der Waals surface area contributed by atoms with Gasteiger partial charge < -0.3 is 10.6 Å². The minimum absolute atomic E-state index is 0.0261. The van der Waals surface area contributed by atoms with Gasteiger partial charge in [-0.3, -0.25) is 4.79 Å². The largest absolute Gasteiger partial charge is 0.416 e. The van der Waals surface area contributed by atoms with Gasteiger partial charge in [-0.2, -0.15) is 31.4 Å². The average molecular weight is 533 g/mol. The van der Waals surface area contributed by atoms with Gasteiger partial charge in [-0.25, -0.2) is 4.68 Å². The lowest BCUT2D eigenvalue weighted by Crippen LogP contribution is -2.35. The number of benzene rings is 2. The second-order valence-corrected chi connectivity index (χ2v) is 8.18. The number of amides is 1. The van der Waals surface area contributed by atoms with Gasteiger partial charge in [-0.15, -0.1) is 0 Å². The van der Waals surface area contributed by atoms with Crippen LogP contribution in [-0.2, 0) is 6.18 Å². The number of halogens is 7. The molecule has 12 heteroatoms. The molecule has 1 amide bonds. The number of rotatable bonds is 3. The molecule has 1 aromatic heterocycles. The second-order valence-electron chi connectivity index (χ2n) is 7.39. The Hall–Kier alpha value is -3.02. The molecule has 33 heavy (non-hydrogen) atoms. The Morgan fingerprint density at radius 1 is 1.06 bits per heavy atom. The average Bonchev–Trinajstić information content (AvgIpc) is 3.09. The van der Waals surface area contributed by atoms with Crippen LogP contribution in [0.1, 0.15) is 40.1 Å². The molecule has 2 aromatic carbocycles. The number of carbonyl (C=O) groups excluding carboxylic acids is 1. The van der Waals surface area contributed by atoms with Crippen LogP contribution in [0.15, 0.2) is 59.1 Å². The maximum atomic E-state index is 13.8. The lowest BCUT2D eigenvalue weighted by atomic mass is 9.97. The summed E-state index contributed by atoms with van der Waals surface area (Å²) in [7, 11) is 0. The van der Waals surface area contributed by atoms with Crippen LogP contribution in [0.5, 0.6) is 0 Å². The van der Waals surface area contributed by atoms with Gasteiger partial charge in [0.25, 0.3) is 5.91 Å². The zero-order valence-corrected chi connectivity index (χ0v) is 18.1. The van der Waals surface area contributed by atoms with Crippen LogP contribution in [0, 0.1) is 0 Å². The standard InChI is InChI=1S/C21H15BrF6N4O/c22-16-17(19(33)29-13-8-4-7-12(9-13)20(23,24)25)31-32-15(21(26,27)28)10-14(30-18(16)32)11-5-2-1-3-6-11/h1-9,14-15,30H,10H2,(H,29,33)/t14-,15-/m0/s1. The van der Waals surface area contributed by atoms with Gasteiger partial charge >= 0.3 is 12.4 Å². The van der Waals surface area contributed by atoms with Crippen molar-refractivity contribution in [2.75, 3.05) is 10.6 Å². The van der Waals surface area contributed by atoms with Crippen LogP contribution < -0.4 is 10.6 Å². The zero-order chi connectivity index (χ0) is 24.0.